The van der Waals surface area contributed by atoms with E-state index in [0.717, 1.165) is 11.4 Å². The zero-order valence-corrected chi connectivity index (χ0v) is 50.8. The number of nitrogens with one attached hydrogen (secondary N) is 4. The number of fused-ring (bicyclic) bond motifs is 13. The molecule has 8 N–H and O–H groups in total. The van der Waals surface area contributed by atoms with Gasteiger partial charge in [0.05, 0.1) is 47.0 Å². The van der Waals surface area contributed by atoms with E-state index in [9.17, 15) is 43.5 Å². The van der Waals surface area contributed by atoms with Crippen molar-refractivity contribution >= 4 is 49.2 Å². The monoisotopic (exact) mass is 1210 g/mol. The van der Waals surface area contributed by atoms with E-state index < -0.39 is 134 Å². The molecule has 2 aromatic carbocycles. The first-order valence-electron chi connectivity index (χ1n) is 28.1. The third-order valence-corrected chi connectivity index (χ3v) is 16.6. The first-order chi connectivity index (χ1) is 39.9. The number of likely N-dealkylation sites (tertiary alicyclic amines) is 1. The number of piperidine rings is 1. The van der Waals surface area contributed by atoms with Crippen molar-refractivity contribution in [2.45, 2.75) is 131 Å². The fraction of sp³-hybridized carbons (Fsp3) is 0.542. The van der Waals surface area contributed by atoms with Crippen molar-refractivity contribution < 1.29 is 91.1 Å². The number of hydrogen-bond acceptors (Lipinski definition) is 20. The van der Waals surface area contributed by atoms with Crippen molar-refractivity contribution in [3.63, 3.8) is 0 Å². The predicted molar refractivity (Wildman–Crippen MR) is 305 cm³/mol. The number of hydrogen-bond donors (Lipinski definition) is 8. The second kappa shape index (κ2) is 26.6. The Labute approximate surface area is 493 Å². The van der Waals surface area contributed by atoms with E-state index in [1.807, 2.05) is 0 Å². The van der Waals surface area contributed by atoms with Gasteiger partial charge in [0, 0.05) is 88.0 Å². The van der Waals surface area contributed by atoms with Gasteiger partial charge in [-0.15, -0.1) is 0 Å². The van der Waals surface area contributed by atoms with Gasteiger partial charge in [0.1, 0.15) is 54.8 Å². The van der Waals surface area contributed by atoms with Crippen molar-refractivity contribution in [3.8, 4) is 17.2 Å². The SMILES string of the molecule is CO[C@H]1/C=C/O[C@@]2(C)Oc3c(C)c(O)c4c(c3C2=O)C2NC3(CCN(CC(C)C)CC3)NC2=C(NC(=O)/C(C)=C\C=C\[C@H](C)[C@H](OC(=O)CN(C)C(=O)CNC(=O)OCc2ccc(OP(=O)(O)O)cc2)[C@@H](C)[C@@H](O)[C@@H](C)[C@H](OC(C)=O)[C@@H]1C)C4=O. The molecule has 0 aromatic heterocycles. The van der Waals surface area contributed by atoms with Crippen LogP contribution in [0.3, 0.4) is 0 Å². The summed E-state index contributed by atoms with van der Waals surface area (Å²) in [5.74, 6) is -9.78. The lowest BCUT2D eigenvalue weighted by atomic mass is 9.78. The standard InChI is InChI=1S/C59H79N6O19P/c1-30(2)27-65-23-21-59(22-24-65)62-46-43-44-50(70)36(8)54-45(43)55(72)58(10,83-54)80-25-20-40(78-12)33(5)53(81-37(9)66)35(7)49(69)34(6)52(31(3)14-13-15-32(4)56(73)61-48(51(44)71)47(46)63-59)82-42(68)28-64(11)41(67)26-60-57(74)79-29-38-16-18-39(19-17-38)84-85(75,76)77/h13-20,25,30-31,33-35,40,46,49,52-53,62-63,69-70H,21-24,26-29H2,1-12H3,(H,60,74)(H,61,73)(H2,75,76,77)/b14-13+,25-20+,32-15-/t31-,33+,34-,35+,40-,46?,49+,52-,53+,58-/m0/s1. The molecular weight excluding hydrogens is 1130 g/mol. The lowest BCUT2D eigenvalue weighted by Crippen LogP contribution is -2.56. The highest BCUT2D eigenvalue weighted by Crippen LogP contribution is 2.53. The molecule has 464 valence electrons. The van der Waals surface area contributed by atoms with Crippen LogP contribution in [-0.2, 0) is 54.0 Å². The summed E-state index contributed by atoms with van der Waals surface area (Å²) in [6.45, 7) is 17.5. The molecule has 8 rings (SSSR count). The number of amides is 3. The number of phenols is 1. The molecule has 1 spiro atoms. The number of alkyl carbamates (subject to hydrolysis) is 1. The molecular formula is C59H79N6O19P. The van der Waals surface area contributed by atoms with E-state index in [0.29, 0.717) is 43.1 Å². The minimum atomic E-state index is -4.78. The van der Waals surface area contributed by atoms with Crippen LogP contribution in [0.4, 0.5) is 4.79 Å². The van der Waals surface area contributed by atoms with Gasteiger partial charge in [-0.3, -0.25) is 43.9 Å². The van der Waals surface area contributed by atoms with Crippen LogP contribution in [0.25, 0.3) is 0 Å². The summed E-state index contributed by atoms with van der Waals surface area (Å²) < 4.78 is 51.2. The number of ketones is 2. The Bertz CT molecular complexity index is 3090. The van der Waals surface area contributed by atoms with Crippen molar-refractivity contribution in [2.24, 2.45) is 29.6 Å². The number of rotatable bonds is 13. The summed E-state index contributed by atoms with van der Waals surface area (Å²) in [6.07, 6.45) is 3.08. The topological polar surface area (TPSA) is 337 Å². The first kappa shape index (κ1) is 65.4. The highest BCUT2D eigenvalue weighted by molar-refractivity contribution is 7.46. The maximum atomic E-state index is 15.0. The van der Waals surface area contributed by atoms with E-state index in [1.54, 1.807) is 39.8 Å². The third kappa shape index (κ3) is 14.9. The molecule has 2 saturated heterocycles. The summed E-state index contributed by atoms with van der Waals surface area (Å²) >= 11 is 0. The fourth-order valence-electron chi connectivity index (χ4n) is 11.5. The van der Waals surface area contributed by atoms with Crippen LogP contribution in [0.5, 0.6) is 17.2 Å². The van der Waals surface area contributed by atoms with Gasteiger partial charge in [0.25, 0.3) is 11.7 Å². The number of Topliss-reactive ketones (excluding diaryl/α,β-unsaturated/α-hetero) is 2. The maximum Gasteiger partial charge on any atom is 0.524 e. The molecule has 5 bridgehead atoms. The largest absolute Gasteiger partial charge is 0.524 e. The third-order valence-electron chi connectivity index (χ3n) is 16.2. The van der Waals surface area contributed by atoms with Gasteiger partial charge in [0.15, 0.2) is 0 Å². The Hall–Kier alpha value is -7.12. The number of phenolic OH excluding ortho intramolecular Hbond substituents is 1. The van der Waals surface area contributed by atoms with Gasteiger partial charge in [-0.05, 0) is 56.4 Å². The average molecular weight is 1210 g/mol. The molecule has 1 unspecified atom stereocenters. The minimum absolute atomic E-state index is 0.0122. The van der Waals surface area contributed by atoms with E-state index in [1.165, 1.54) is 84.5 Å². The second-order valence-corrected chi connectivity index (χ2v) is 24.3. The smallest absolute Gasteiger partial charge is 0.507 e. The average Bonchev–Trinajstić information content (AvgIpc) is 1.62. The number of aliphatic hydroxyl groups excluding tert-OH is 1. The van der Waals surface area contributed by atoms with E-state index in [-0.39, 0.29) is 51.6 Å². The molecule has 6 aliphatic rings. The molecule has 5 aliphatic heterocycles. The second-order valence-electron chi connectivity index (χ2n) is 23.1. The van der Waals surface area contributed by atoms with E-state index in [2.05, 4.69) is 44.5 Å². The van der Waals surface area contributed by atoms with Gasteiger partial charge >= 0.3 is 31.6 Å². The van der Waals surface area contributed by atoms with E-state index in [4.69, 9.17) is 38.2 Å². The molecule has 1 aliphatic carbocycles. The number of aliphatic hydroxyl groups is 1. The number of allylic oxidation sites excluding steroid dienone is 3. The molecule has 10 atom stereocenters. The molecule has 26 heteroatoms. The number of ether oxygens (including phenoxy) is 6. The van der Waals surface area contributed by atoms with Gasteiger partial charge in [-0.1, -0.05) is 71.9 Å². The summed E-state index contributed by atoms with van der Waals surface area (Å²) in [4.78, 5) is 118. The normalized spacial score (nSPS) is 28.4. The lowest BCUT2D eigenvalue weighted by molar-refractivity contribution is -0.166. The number of benzene rings is 2. The van der Waals surface area contributed by atoms with Crippen molar-refractivity contribution in [1.29, 1.82) is 0 Å². The van der Waals surface area contributed by atoms with Crippen LogP contribution in [-0.4, -0.2) is 154 Å². The van der Waals surface area contributed by atoms with Crippen molar-refractivity contribution in [2.75, 3.05) is 46.9 Å². The van der Waals surface area contributed by atoms with Crippen LogP contribution in [0.15, 0.2) is 71.8 Å². The highest BCUT2D eigenvalue weighted by Gasteiger charge is 2.56. The van der Waals surface area contributed by atoms with Crippen LogP contribution < -0.4 is 30.5 Å². The van der Waals surface area contributed by atoms with Crippen LogP contribution in [0.2, 0.25) is 0 Å². The van der Waals surface area contributed by atoms with Gasteiger partial charge < -0.3 is 68.9 Å². The number of carbonyl (C=O) groups excluding carboxylic acids is 7. The van der Waals surface area contributed by atoms with Crippen LogP contribution >= 0.6 is 7.82 Å². The molecule has 0 radical (unpaired) electrons. The summed E-state index contributed by atoms with van der Waals surface area (Å²) in [5.41, 5.74) is 0.0500. The first-order valence-corrected chi connectivity index (χ1v) is 29.7. The Kier molecular flexibility index (Phi) is 20.5. The molecule has 2 aromatic rings. The molecule has 85 heavy (non-hydrogen) atoms. The highest BCUT2D eigenvalue weighted by atomic mass is 31.2. The lowest BCUT2D eigenvalue weighted by Gasteiger charge is -2.40. The molecule has 5 heterocycles. The predicted octanol–water partition coefficient (Wildman–Crippen LogP) is 4.86. The Morgan fingerprint density at radius 1 is 0.953 bits per heavy atom. The molecule has 25 nitrogen and oxygen atoms in total. The number of phosphoric ester groups is 1. The molecule has 3 amide bonds. The number of aromatic hydroxyl groups is 1. The maximum absolute atomic E-state index is 15.0. The number of carbonyl (C=O) groups is 7. The van der Waals surface area contributed by atoms with Gasteiger partial charge in [0.2, 0.25) is 11.7 Å². The Balaban J connectivity index is 1.18. The quantitative estimate of drug-likeness (QED) is 0.0754. The Morgan fingerprint density at radius 2 is 1.61 bits per heavy atom. The molecule has 2 fully saturated rings. The fourth-order valence-corrected chi connectivity index (χ4v) is 11.9. The van der Waals surface area contributed by atoms with Crippen LogP contribution in [0, 0.1) is 36.5 Å². The molecule has 0 saturated carbocycles. The van der Waals surface area contributed by atoms with Crippen molar-refractivity contribution in [1.82, 2.24) is 31.1 Å². The number of nitrogens with zero attached hydrogens (tertiary/aromatic N) is 2. The summed E-state index contributed by atoms with van der Waals surface area (Å²) in [6, 6.07) is 4.44. The number of phosphoric acid groups is 1. The Morgan fingerprint density at radius 3 is 2.24 bits per heavy atom. The summed E-state index contributed by atoms with van der Waals surface area (Å²) in [7, 11) is -2.06. The number of likely N-dealkylation sites (N-methyl/N-ethyl adjacent to an activating group) is 1. The zero-order chi connectivity index (χ0) is 62.6. The van der Waals surface area contributed by atoms with Gasteiger partial charge in [-0.25, -0.2) is 9.36 Å². The van der Waals surface area contributed by atoms with Gasteiger partial charge in [-0.2, -0.15) is 0 Å². The number of methoxy groups -OCH3 is 1. The van der Waals surface area contributed by atoms with Crippen LogP contribution in [0.1, 0.15) is 119 Å². The zero-order valence-electron chi connectivity index (χ0n) is 49.9. The van der Waals surface area contributed by atoms with Crippen molar-refractivity contribution in [3.05, 3.63) is 99.6 Å². The minimum Gasteiger partial charge on any atom is -0.507 e. The van der Waals surface area contributed by atoms with E-state index >= 15 is 4.79 Å². The number of esters is 2. The summed E-state index contributed by atoms with van der Waals surface area (Å²) in [5, 5.41) is 36.7.